The van der Waals surface area contributed by atoms with E-state index in [4.69, 9.17) is 0 Å². The average Bonchev–Trinajstić information content (AvgIpc) is 2.76. The predicted molar refractivity (Wildman–Crippen MR) is 67.9 cm³/mol. The fourth-order valence-corrected chi connectivity index (χ4v) is 2.16. The lowest BCUT2D eigenvalue weighted by Gasteiger charge is -1.97. The van der Waals surface area contributed by atoms with Crippen LogP contribution in [-0.2, 0) is 12.8 Å². The number of benzene rings is 1. The van der Waals surface area contributed by atoms with Gasteiger partial charge in [-0.05, 0) is 18.9 Å². The van der Waals surface area contributed by atoms with E-state index in [-0.39, 0.29) is 0 Å². The lowest BCUT2D eigenvalue weighted by Crippen LogP contribution is -1.97. The molecule has 0 spiro atoms. The lowest BCUT2D eigenvalue weighted by molar-refractivity contribution is 0.889. The van der Waals surface area contributed by atoms with Crippen molar-refractivity contribution in [3.8, 4) is 0 Å². The highest BCUT2D eigenvalue weighted by Crippen LogP contribution is 2.12. The predicted octanol–water partition coefficient (Wildman–Crippen LogP) is 2.76. The van der Waals surface area contributed by atoms with E-state index in [1.54, 1.807) is 0 Å². The van der Waals surface area contributed by atoms with Crippen LogP contribution in [-0.4, -0.2) is 15.9 Å². The third kappa shape index (κ3) is 3.03. The summed E-state index contributed by atoms with van der Waals surface area (Å²) in [7, 11) is 0. The first-order valence-corrected chi connectivity index (χ1v) is 6.26. The van der Waals surface area contributed by atoms with Crippen LogP contribution in [0.3, 0.4) is 0 Å². The van der Waals surface area contributed by atoms with E-state index in [0.29, 0.717) is 0 Å². The minimum atomic E-state index is 0.896. The topological polar surface area (TPSA) is 37.8 Å². The van der Waals surface area contributed by atoms with Gasteiger partial charge < -0.3 is 5.32 Å². The minimum Gasteiger partial charge on any atom is -0.361 e. The van der Waals surface area contributed by atoms with Crippen molar-refractivity contribution in [2.45, 2.75) is 19.8 Å². The molecule has 1 aromatic carbocycles. The van der Waals surface area contributed by atoms with Crippen molar-refractivity contribution >= 4 is 16.7 Å². The van der Waals surface area contributed by atoms with Gasteiger partial charge in [0.2, 0.25) is 5.13 Å². The summed E-state index contributed by atoms with van der Waals surface area (Å²) in [5.41, 5.74) is 1.34. The van der Waals surface area contributed by atoms with E-state index in [9.17, 15) is 0 Å². The molecule has 0 aliphatic heterocycles. The number of nitrogens with zero attached hydrogens (tertiary/aromatic N) is 2. The Balaban J connectivity index is 1.89. The quantitative estimate of drug-likeness (QED) is 0.863. The normalized spacial score (nSPS) is 10.3. The lowest BCUT2D eigenvalue weighted by atomic mass is 10.1. The third-order valence-corrected chi connectivity index (χ3v) is 2.99. The largest absolute Gasteiger partial charge is 0.361 e. The first-order chi connectivity index (χ1) is 7.88. The average molecular weight is 233 g/mol. The Labute approximate surface area is 99.7 Å². The molecule has 2 aromatic rings. The van der Waals surface area contributed by atoms with Gasteiger partial charge in [-0.1, -0.05) is 30.3 Å². The molecule has 1 N–H and O–H groups in total. The van der Waals surface area contributed by atoms with Crippen LogP contribution in [0.25, 0.3) is 0 Å². The highest BCUT2D eigenvalue weighted by molar-refractivity contribution is 7.09. The zero-order valence-electron chi connectivity index (χ0n) is 9.31. The summed E-state index contributed by atoms with van der Waals surface area (Å²) in [6.45, 7) is 2.96. The molecule has 0 fully saturated rings. The molecule has 0 saturated heterocycles. The van der Waals surface area contributed by atoms with E-state index in [0.717, 1.165) is 30.3 Å². The van der Waals surface area contributed by atoms with Gasteiger partial charge in [0.1, 0.15) is 5.82 Å². The second-order valence-electron chi connectivity index (χ2n) is 3.53. The molecule has 4 heteroatoms. The van der Waals surface area contributed by atoms with E-state index in [1.807, 2.05) is 6.07 Å². The Kier molecular flexibility index (Phi) is 3.88. The molecule has 0 amide bonds. The zero-order chi connectivity index (χ0) is 11.2. The van der Waals surface area contributed by atoms with Crippen LogP contribution in [0.2, 0.25) is 0 Å². The Morgan fingerprint density at radius 2 is 2.00 bits per heavy atom. The van der Waals surface area contributed by atoms with Crippen molar-refractivity contribution in [1.82, 2.24) is 9.36 Å². The SMILES string of the molecule is CCNc1nc(CCc2ccccc2)ns1. The fourth-order valence-electron chi connectivity index (χ4n) is 1.48. The number of aryl methyl sites for hydroxylation is 2. The first-order valence-electron chi connectivity index (χ1n) is 5.49. The molecule has 0 aliphatic carbocycles. The molecule has 1 heterocycles. The standard InChI is InChI=1S/C12H15N3S/c1-2-13-12-14-11(15-16-12)9-8-10-6-4-3-5-7-10/h3-7H,2,8-9H2,1H3,(H,13,14,15). The summed E-state index contributed by atoms with van der Waals surface area (Å²) in [6, 6.07) is 10.4. The maximum absolute atomic E-state index is 4.41. The summed E-state index contributed by atoms with van der Waals surface area (Å²) >= 11 is 1.44. The van der Waals surface area contributed by atoms with Crippen LogP contribution in [0, 0.1) is 0 Å². The Morgan fingerprint density at radius 1 is 1.19 bits per heavy atom. The summed E-state index contributed by atoms with van der Waals surface area (Å²) in [6.07, 6.45) is 1.91. The fraction of sp³-hybridized carbons (Fsp3) is 0.333. The van der Waals surface area contributed by atoms with Crippen molar-refractivity contribution in [1.29, 1.82) is 0 Å². The molecule has 1 aromatic heterocycles. The molecule has 0 radical (unpaired) electrons. The Bertz CT molecular complexity index is 425. The number of aromatic nitrogens is 2. The highest BCUT2D eigenvalue weighted by Gasteiger charge is 2.02. The van der Waals surface area contributed by atoms with Crippen molar-refractivity contribution in [2.75, 3.05) is 11.9 Å². The Morgan fingerprint density at radius 3 is 2.75 bits per heavy atom. The molecular weight excluding hydrogens is 218 g/mol. The van der Waals surface area contributed by atoms with Crippen molar-refractivity contribution in [2.24, 2.45) is 0 Å². The van der Waals surface area contributed by atoms with Crippen molar-refractivity contribution in [3.05, 3.63) is 41.7 Å². The van der Waals surface area contributed by atoms with Gasteiger partial charge in [0.25, 0.3) is 0 Å². The van der Waals surface area contributed by atoms with E-state index in [2.05, 4.69) is 45.9 Å². The van der Waals surface area contributed by atoms with Gasteiger partial charge in [-0.3, -0.25) is 0 Å². The number of anilines is 1. The molecular formula is C12H15N3S. The third-order valence-electron chi connectivity index (χ3n) is 2.28. The van der Waals surface area contributed by atoms with Crippen molar-refractivity contribution < 1.29 is 0 Å². The highest BCUT2D eigenvalue weighted by atomic mass is 32.1. The van der Waals surface area contributed by atoms with Gasteiger partial charge in [0.05, 0.1) is 0 Å². The minimum absolute atomic E-state index is 0.896. The van der Waals surface area contributed by atoms with Crippen LogP contribution in [0.1, 0.15) is 18.3 Å². The zero-order valence-corrected chi connectivity index (χ0v) is 10.1. The molecule has 16 heavy (non-hydrogen) atoms. The van der Waals surface area contributed by atoms with Gasteiger partial charge >= 0.3 is 0 Å². The van der Waals surface area contributed by atoms with Crippen LogP contribution >= 0.6 is 11.5 Å². The van der Waals surface area contributed by atoms with Crippen LogP contribution in [0.4, 0.5) is 5.13 Å². The van der Waals surface area contributed by atoms with Gasteiger partial charge in [0.15, 0.2) is 0 Å². The monoisotopic (exact) mass is 233 g/mol. The maximum atomic E-state index is 4.41. The number of nitrogens with one attached hydrogen (secondary N) is 1. The molecule has 84 valence electrons. The first kappa shape index (κ1) is 11.1. The number of rotatable bonds is 5. The van der Waals surface area contributed by atoms with E-state index >= 15 is 0 Å². The van der Waals surface area contributed by atoms with Gasteiger partial charge in [-0.25, -0.2) is 4.98 Å². The molecule has 0 aliphatic rings. The molecule has 2 rings (SSSR count). The van der Waals surface area contributed by atoms with Gasteiger partial charge in [-0.2, -0.15) is 4.37 Å². The molecule has 3 nitrogen and oxygen atoms in total. The molecule has 0 unspecified atom stereocenters. The number of hydrogen-bond donors (Lipinski definition) is 1. The van der Waals surface area contributed by atoms with Crippen LogP contribution < -0.4 is 5.32 Å². The van der Waals surface area contributed by atoms with E-state index < -0.39 is 0 Å². The van der Waals surface area contributed by atoms with Crippen molar-refractivity contribution in [3.63, 3.8) is 0 Å². The second-order valence-corrected chi connectivity index (χ2v) is 4.28. The number of hydrogen-bond acceptors (Lipinski definition) is 4. The summed E-state index contributed by atoms with van der Waals surface area (Å²) in [5, 5.41) is 4.09. The van der Waals surface area contributed by atoms with E-state index in [1.165, 1.54) is 17.1 Å². The molecule has 0 bridgehead atoms. The van der Waals surface area contributed by atoms with Gasteiger partial charge in [-0.15, -0.1) is 0 Å². The second kappa shape index (κ2) is 5.61. The van der Waals surface area contributed by atoms with Gasteiger partial charge in [0, 0.05) is 24.5 Å². The molecule has 0 atom stereocenters. The summed E-state index contributed by atoms with van der Waals surface area (Å²) in [5.74, 6) is 0.935. The smallest absolute Gasteiger partial charge is 0.202 e. The molecule has 0 saturated carbocycles. The Hall–Kier alpha value is -1.42. The van der Waals surface area contributed by atoms with Crippen LogP contribution in [0.5, 0.6) is 0 Å². The summed E-state index contributed by atoms with van der Waals surface area (Å²) in [4.78, 5) is 4.41. The van der Waals surface area contributed by atoms with Crippen LogP contribution in [0.15, 0.2) is 30.3 Å². The summed E-state index contributed by atoms with van der Waals surface area (Å²) < 4.78 is 4.32. The maximum Gasteiger partial charge on any atom is 0.202 e.